The summed E-state index contributed by atoms with van der Waals surface area (Å²) >= 11 is 0. The van der Waals surface area contributed by atoms with Crippen LogP contribution in [0.3, 0.4) is 0 Å². The second-order valence-electron chi connectivity index (χ2n) is 4.44. The maximum absolute atomic E-state index is 10.4. The predicted octanol–water partition coefficient (Wildman–Crippen LogP) is -2.66. The third-order valence-corrected chi connectivity index (χ3v) is 3.07. The van der Waals surface area contributed by atoms with Gasteiger partial charge in [0.25, 0.3) is 5.69 Å². The number of nitrogens with one attached hydrogen (secondary N) is 1. The number of hydrogen-bond acceptors (Lipinski definition) is 7. The van der Waals surface area contributed by atoms with Crippen molar-refractivity contribution in [3.63, 3.8) is 0 Å². The minimum absolute atomic E-state index is 0.299. The van der Waals surface area contributed by atoms with Crippen molar-refractivity contribution in [2.24, 2.45) is 0 Å². The lowest BCUT2D eigenvalue weighted by atomic mass is 9.99. The average Bonchev–Trinajstić information content (AvgIpc) is 2.48. The molecule has 8 nitrogen and oxygen atoms in total. The SMILES string of the molecule is O=[NH+]c1ccc(O[C@@H]2O[C@H](CO)[C@H](O)[C@H](O)[C@H]2O)cc1. The fraction of sp³-hybridized carbons (Fsp3) is 0.500. The maximum atomic E-state index is 10.4. The Morgan fingerprint density at radius 1 is 1.10 bits per heavy atom. The van der Waals surface area contributed by atoms with Crippen LogP contribution in [0.2, 0.25) is 0 Å². The van der Waals surface area contributed by atoms with E-state index in [4.69, 9.17) is 14.6 Å². The van der Waals surface area contributed by atoms with Gasteiger partial charge in [0.2, 0.25) is 6.29 Å². The number of hydrogen-bond donors (Lipinski definition) is 5. The van der Waals surface area contributed by atoms with Crippen LogP contribution in [0.15, 0.2) is 24.3 Å². The van der Waals surface area contributed by atoms with Gasteiger partial charge in [-0.25, -0.2) is 0 Å². The minimum atomic E-state index is -1.49. The Labute approximate surface area is 114 Å². The van der Waals surface area contributed by atoms with Gasteiger partial charge < -0.3 is 29.9 Å². The lowest BCUT2D eigenvalue weighted by Gasteiger charge is -2.39. The topological polar surface area (TPSA) is 130 Å². The Morgan fingerprint density at radius 2 is 1.75 bits per heavy atom. The standard InChI is InChI=1S/C12H15NO7/c14-5-8-9(15)10(16)11(17)12(20-8)19-7-3-1-6(13-18)2-4-7/h1-4,8-12,14-17H,5H2/p+1/t8-,9+,10+,11-,12-/m1/s1. The Morgan fingerprint density at radius 3 is 2.30 bits per heavy atom. The fourth-order valence-electron chi connectivity index (χ4n) is 1.90. The van der Waals surface area contributed by atoms with E-state index in [1.165, 1.54) is 24.3 Å². The van der Waals surface area contributed by atoms with Crippen molar-refractivity contribution < 1.29 is 35.1 Å². The first kappa shape index (κ1) is 14.8. The molecule has 1 aromatic rings. The summed E-state index contributed by atoms with van der Waals surface area (Å²) < 4.78 is 10.5. The van der Waals surface area contributed by atoms with E-state index in [2.05, 4.69) is 0 Å². The van der Waals surface area contributed by atoms with Crippen molar-refractivity contribution in [1.82, 2.24) is 0 Å². The molecule has 0 aliphatic carbocycles. The summed E-state index contributed by atoms with van der Waals surface area (Å²) in [5.74, 6) is 0.299. The van der Waals surface area contributed by atoms with E-state index in [0.717, 1.165) is 0 Å². The fourth-order valence-corrected chi connectivity index (χ4v) is 1.90. The van der Waals surface area contributed by atoms with Gasteiger partial charge in [0, 0.05) is 22.2 Å². The smallest absolute Gasteiger partial charge is 0.253 e. The lowest BCUT2D eigenvalue weighted by molar-refractivity contribution is -0.379. The summed E-state index contributed by atoms with van der Waals surface area (Å²) in [5, 5.41) is 39.7. The highest BCUT2D eigenvalue weighted by atomic mass is 16.7. The molecule has 0 spiro atoms. The molecule has 8 heteroatoms. The summed E-state index contributed by atoms with van der Waals surface area (Å²) in [6, 6.07) is 5.88. The summed E-state index contributed by atoms with van der Waals surface area (Å²) in [6.07, 6.45) is -6.65. The number of nitroso groups, excluding NO2 is 1. The summed E-state index contributed by atoms with van der Waals surface area (Å²) in [4.78, 5) is 10.4. The highest BCUT2D eigenvalue weighted by Gasteiger charge is 2.44. The van der Waals surface area contributed by atoms with E-state index < -0.39 is 37.3 Å². The van der Waals surface area contributed by atoms with Crippen LogP contribution in [0.25, 0.3) is 0 Å². The molecule has 5 atom stereocenters. The number of ether oxygens (including phenoxy) is 2. The number of rotatable bonds is 4. The zero-order valence-electron chi connectivity index (χ0n) is 10.4. The molecule has 1 heterocycles. The molecule has 110 valence electrons. The summed E-state index contributed by atoms with van der Waals surface area (Å²) in [6.45, 7) is -0.524. The van der Waals surface area contributed by atoms with Crippen molar-refractivity contribution in [3.8, 4) is 5.75 Å². The highest BCUT2D eigenvalue weighted by molar-refractivity contribution is 5.35. The van der Waals surface area contributed by atoms with Crippen LogP contribution in [0.4, 0.5) is 5.69 Å². The van der Waals surface area contributed by atoms with Crippen LogP contribution in [-0.4, -0.2) is 57.7 Å². The second kappa shape index (κ2) is 6.25. The first-order valence-electron chi connectivity index (χ1n) is 6.02. The number of benzene rings is 1. The molecular weight excluding hydrogens is 270 g/mol. The molecule has 0 radical (unpaired) electrons. The van der Waals surface area contributed by atoms with Gasteiger partial charge in [-0.05, 0) is 12.1 Å². The Bertz CT molecular complexity index is 450. The number of aliphatic hydroxyl groups is 4. The second-order valence-corrected chi connectivity index (χ2v) is 4.44. The van der Waals surface area contributed by atoms with Crippen molar-refractivity contribution >= 4 is 5.69 Å². The molecule has 1 fully saturated rings. The average molecular weight is 286 g/mol. The molecule has 1 aliphatic rings. The van der Waals surface area contributed by atoms with Gasteiger partial charge in [0.05, 0.1) is 6.61 Å². The van der Waals surface area contributed by atoms with E-state index in [-0.39, 0.29) is 0 Å². The molecule has 1 aromatic carbocycles. The van der Waals surface area contributed by atoms with E-state index in [1.807, 2.05) is 0 Å². The molecule has 1 aliphatic heterocycles. The van der Waals surface area contributed by atoms with Gasteiger partial charge in [-0.3, -0.25) is 0 Å². The van der Waals surface area contributed by atoms with Crippen LogP contribution in [0.5, 0.6) is 5.75 Å². The molecule has 0 bridgehead atoms. The molecule has 1 saturated heterocycles. The van der Waals surface area contributed by atoms with Gasteiger partial charge in [-0.15, -0.1) is 0 Å². The highest BCUT2D eigenvalue weighted by Crippen LogP contribution is 2.24. The quantitative estimate of drug-likeness (QED) is 0.408. The normalized spacial score (nSPS) is 33.7. The maximum Gasteiger partial charge on any atom is 0.253 e. The first-order chi connectivity index (χ1) is 9.56. The van der Waals surface area contributed by atoms with Gasteiger partial charge in [-0.2, -0.15) is 0 Å². The molecule has 0 aromatic heterocycles. The van der Waals surface area contributed by atoms with Crippen LogP contribution in [0, 0.1) is 4.91 Å². The van der Waals surface area contributed by atoms with Crippen molar-refractivity contribution in [1.29, 1.82) is 0 Å². The molecule has 0 amide bonds. The molecule has 0 unspecified atom stereocenters. The summed E-state index contributed by atoms with van der Waals surface area (Å²) in [5.41, 5.74) is 0.339. The third-order valence-electron chi connectivity index (χ3n) is 3.07. The molecule has 5 N–H and O–H groups in total. The minimum Gasteiger partial charge on any atom is -0.462 e. The Kier molecular flexibility index (Phi) is 4.63. The van der Waals surface area contributed by atoms with Gasteiger partial charge in [0.15, 0.2) is 0 Å². The van der Waals surface area contributed by atoms with E-state index >= 15 is 0 Å². The van der Waals surface area contributed by atoms with Crippen molar-refractivity contribution in [3.05, 3.63) is 29.2 Å². The van der Waals surface area contributed by atoms with Gasteiger partial charge in [0.1, 0.15) is 30.2 Å². The third kappa shape index (κ3) is 2.94. The zero-order valence-corrected chi connectivity index (χ0v) is 10.4. The summed E-state index contributed by atoms with van der Waals surface area (Å²) in [7, 11) is 0. The van der Waals surface area contributed by atoms with Crippen molar-refractivity contribution in [2.75, 3.05) is 6.61 Å². The van der Waals surface area contributed by atoms with E-state index in [9.17, 15) is 20.2 Å². The van der Waals surface area contributed by atoms with Crippen LogP contribution in [0.1, 0.15) is 0 Å². The first-order valence-corrected chi connectivity index (χ1v) is 6.02. The van der Waals surface area contributed by atoms with Crippen LogP contribution >= 0.6 is 0 Å². The largest absolute Gasteiger partial charge is 0.462 e. The van der Waals surface area contributed by atoms with Gasteiger partial charge >= 0.3 is 0 Å². The van der Waals surface area contributed by atoms with Crippen molar-refractivity contribution in [2.45, 2.75) is 30.7 Å². The van der Waals surface area contributed by atoms with E-state index in [1.54, 1.807) is 5.18 Å². The Hall–Kier alpha value is -1.58. The molecule has 20 heavy (non-hydrogen) atoms. The zero-order chi connectivity index (χ0) is 14.7. The Balaban J connectivity index is 2.08. The lowest BCUT2D eigenvalue weighted by Crippen LogP contribution is -2.60. The predicted molar refractivity (Wildman–Crippen MR) is 64.8 cm³/mol. The van der Waals surface area contributed by atoms with Crippen LogP contribution < -0.4 is 9.91 Å². The monoisotopic (exact) mass is 286 g/mol. The molecule has 2 rings (SSSR count). The van der Waals surface area contributed by atoms with Crippen LogP contribution in [-0.2, 0) is 4.74 Å². The molecule has 0 saturated carbocycles. The van der Waals surface area contributed by atoms with Gasteiger partial charge in [-0.1, -0.05) is 0 Å². The molecular formula is C12H16NO7+. The van der Waals surface area contributed by atoms with E-state index in [0.29, 0.717) is 11.4 Å². The number of aliphatic hydroxyl groups excluding tert-OH is 4.